The van der Waals surface area contributed by atoms with Crippen molar-refractivity contribution >= 4 is 11.0 Å². The number of para-hydroxylation sites is 1. The third kappa shape index (κ3) is 3.34. The van der Waals surface area contributed by atoms with Gasteiger partial charge < -0.3 is 5.32 Å². The highest BCUT2D eigenvalue weighted by molar-refractivity contribution is 5.78. The van der Waals surface area contributed by atoms with Gasteiger partial charge in [0.25, 0.3) is 0 Å². The Labute approximate surface area is 121 Å². The summed E-state index contributed by atoms with van der Waals surface area (Å²) in [4.78, 5) is 8.97. The maximum absolute atomic E-state index is 4.55. The van der Waals surface area contributed by atoms with Crippen molar-refractivity contribution in [2.75, 3.05) is 6.54 Å². The Balaban J connectivity index is 2.39. The SMILES string of the molecule is CCCNC(c1cccc2nccnc12)C(C)CCC. The first-order valence-corrected chi connectivity index (χ1v) is 7.71. The molecule has 2 rings (SSSR count). The quantitative estimate of drug-likeness (QED) is 0.823. The fraction of sp³-hybridized carbons (Fsp3) is 0.529. The molecule has 0 aliphatic heterocycles. The molecule has 0 aliphatic rings. The van der Waals surface area contributed by atoms with Crippen molar-refractivity contribution in [2.45, 2.75) is 46.1 Å². The molecule has 20 heavy (non-hydrogen) atoms. The van der Waals surface area contributed by atoms with Crippen LogP contribution in [0.15, 0.2) is 30.6 Å². The van der Waals surface area contributed by atoms with E-state index in [1.807, 2.05) is 6.07 Å². The molecule has 2 atom stereocenters. The van der Waals surface area contributed by atoms with Crippen molar-refractivity contribution in [3.63, 3.8) is 0 Å². The third-order valence-corrected chi connectivity index (χ3v) is 3.79. The number of rotatable bonds is 7. The number of nitrogens with one attached hydrogen (secondary N) is 1. The van der Waals surface area contributed by atoms with Gasteiger partial charge in [0.1, 0.15) is 0 Å². The van der Waals surface area contributed by atoms with E-state index < -0.39 is 0 Å². The minimum Gasteiger partial charge on any atom is -0.310 e. The summed E-state index contributed by atoms with van der Waals surface area (Å²) >= 11 is 0. The first-order chi connectivity index (χ1) is 9.77. The van der Waals surface area contributed by atoms with E-state index in [0.717, 1.165) is 24.0 Å². The second-order valence-corrected chi connectivity index (χ2v) is 5.47. The molecular formula is C17H25N3. The van der Waals surface area contributed by atoms with Crippen molar-refractivity contribution in [1.82, 2.24) is 15.3 Å². The fourth-order valence-electron chi connectivity index (χ4n) is 2.81. The van der Waals surface area contributed by atoms with Crippen LogP contribution in [0.2, 0.25) is 0 Å². The molecule has 0 radical (unpaired) electrons. The fourth-order valence-corrected chi connectivity index (χ4v) is 2.81. The molecule has 2 aromatic rings. The van der Waals surface area contributed by atoms with E-state index in [4.69, 9.17) is 0 Å². The predicted octanol–water partition coefficient (Wildman–Crippen LogP) is 4.11. The van der Waals surface area contributed by atoms with Crippen molar-refractivity contribution < 1.29 is 0 Å². The zero-order valence-corrected chi connectivity index (χ0v) is 12.8. The highest BCUT2D eigenvalue weighted by atomic mass is 14.9. The maximum Gasteiger partial charge on any atom is 0.0934 e. The van der Waals surface area contributed by atoms with Gasteiger partial charge in [-0.15, -0.1) is 0 Å². The van der Waals surface area contributed by atoms with Gasteiger partial charge in [0.2, 0.25) is 0 Å². The largest absolute Gasteiger partial charge is 0.310 e. The Hall–Kier alpha value is -1.48. The molecule has 108 valence electrons. The van der Waals surface area contributed by atoms with Gasteiger partial charge in [-0.25, -0.2) is 0 Å². The minimum absolute atomic E-state index is 0.357. The lowest BCUT2D eigenvalue weighted by atomic mass is 9.90. The van der Waals surface area contributed by atoms with Gasteiger partial charge in [0, 0.05) is 18.4 Å². The van der Waals surface area contributed by atoms with Gasteiger partial charge in [-0.2, -0.15) is 0 Å². The van der Waals surface area contributed by atoms with Gasteiger partial charge >= 0.3 is 0 Å². The monoisotopic (exact) mass is 271 g/mol. The summed E-state index contributed by atoms with van der Waals surface area (Å²) in [5.74, 6) is 0.596. The Morgan fingerprint density at radius 1 is 1.10 bits per heavy atom. The molecule has 1 aromatic heterocycles. The van der Waals surface area contributed by atoms with Crippen LogP contribution in [0.4, 0.5) is 0 Å². The van der Waals surface area contributed by atoms with E-state index in [-0.39, 0.29) is 0 Å². The van der Waals surface area contributed by atoms with Crippen LogP contribution in [0.25, 0.3) is 11.0 Å². The Morgan fingerprint density at radius 2 is 1.90 bits per heavy atom. The van der Waals surface area contributed by atoms with E-state index >= 15 is 0 Å². The lowest BCUT2D eigenvalue weighted by molar-refractivity contribution is 0.365. The summed E-state index contributed by atoms with van der Waals surface area (Å²) < 4.78 is 0. The zero-order valence-electron chi connectivity index (χ0n) is 12.8. The highest BCUT2D eigenvalue weighted by Gasteiger charge is 2.20. The van der Waals surface area contributed by atoms with Gasteiger partial charge in [-0.3, -0.25) is 9.97 Å². The van der Waals surface area contributed by atoms with Gasteiger partial charge in [0.05, 0.1) is 11.0 Å². The number of hydrogen-bond donors (Lipinski definition) is 1. The molecule has 1 heterocycles. The summed E-state index contributed by atoms with van der Waals surface area (Å²) in [5, 5.41) is 3.69. The molecule has 0 amide bonds. The molecule has 0 spiro atoms. The molecule has 0 fully saturated rings. The number of aromatic nitrogens is 2. The highest BCUT2D eigenvalue weighted by Crippen LogP contribution is 2.29. The second-order valence-electron chi connectivity index (χ2n) is 5.47. The van der Waals surface area contributed by atoms with E-state index in [1.54, 1.807) is 12.4 Å². The predicted molar refractivity (Wildman–Crippen MR) is 84.6 cm³/mol. The first kappa shape index (κ1) is 14.9. The van der Waals surface area contributed by atoms with Crippen LogP contribution < -0.4 is 5.32 Å². The summed E-state index contributed by atoms with van der Waals surface area (Å²) in [6, 6.07) is 6.67. The number of benzene rings is 1. The first-order valence-electron chi connectivity index (χ1n) is 7.71. The Bertz CT molecular complexity index is 533. The van der Waals surface area contributed by atoms with Crippen LogP contribution in [0, 0.1) is 5.92 Å². The van der Waals surface area contributed by atoms with Crippen LogP contribution >= 0.6 is 0 Å². The average Bonchev–Trinajstić information content (AvgIpc) is 2.48. The molecule has 2 unspecified atom stereocenters. The lowest BCUT2D eigenvalue weighted by Crippen LogP contribution is -2.28. The van der Waals surface area contributed by atoms with Crippen molar-refractivity contribution in [2.24, 2.45) is 5.92 Å². The topological polar surface area (TPSA) is 37.8 Å². The Kier molecular flexibility index (Phi) is 5.48. The smallest absolute Gasteiger partial charge is 0.0934 e. The number of fused-ring (bicyclic) bond motifs is 1. The van der Waals surface area contributed by atoms with Gasteiger partial charge in [0.15, 0.2) is 0 Å². The summed E-state index contributed by atoms with van der Waals surface area (Å²) in [7, 11) is 0. The number of hydrogen-bond acceptors (Lipinski definition) is 3. The molecule has 3 nitrogen and oxygen atoms in total. The molecule has 0 bridgehead atoms. The summed E-state index contributed by atoms with van der Waals surface area (Å²) in [5.41, 5.74) is 3.30. The van der Waals surface area contributed by atoms with Crippen LogP contribution in [0.1, 0.15) is 51.6 Å². The summed E-state index contributed by atoms with van der Waals surface area (Å²) in [6.07, 6.45) is 7.12. The Morgan fingerprint density at radius 3 is 2.65 bits per heavy atom. The molecular weight excluding hydrogens is 246 g/mol. The zero-order chi connectivity index (χ0) is 14.4. The number of nitrogens with zero attached hydrogens (tertiary/aromatic N) is 2. The van der Waals surface area contributed by atoms with Gasteiger partial charge in [-0.1, -0.05) is 39.3 Å². The molecule has 1 aromatic carbocycles. The molecule has 0 saturated carbocycles. The molecule has 1 N–H and O–H groups in total. The maximum atomic E-state index is 4.55. The van der Waals surface area contributed by atoms with Crippen LogP contribution in [-0.4, -0.2) is 16.5 Å². The lowest BCUT2D eigenvalue weighted by Gasteiger charge is -2.26. The van der Waals surface area contributed by atoms with Crippen molar-refractivity contribution in [3.8, 4) is 0 Å². The van der Waals surface area contributed by atoms with Crippen LogP contribution in [0.3, 0.4) is 0 Å². The van der Waals surface area contributed by atoms with E-state index in [1.165, 1.54) is 18.4 Å². The van der Waals surface area contributed by atoms with E-state index in [9.17, 15) is 0 Å². The molecule has 0 aliphatic carbocycles. The average molecular weight is 271 g/mol. The van der Waals surface area contributed by atoms with Crippen LogP contribution in [-0.2, 0) is 0 Å². The normalized spacial score (nSPS) is 14.3. The van der Waals surface area contributed by atoms with E-state index in [2.05, 4.69) is 48.2 Å². The van der Waals surface area contributed by atoms with Gasteiger partial charge in [-0.05, 0) is 36.9 Å². The second kappa shape index (κ2) is 7.34. The van der Waals surface area contributed by atoms with Crippen molar-refractivity contribution in [3.05, 3.63) is 36.2 Å². The minimum atomic E-state index is 0.357. The van der Waals surface area contributed by atoms with E-state index in [0.29, 0.717) is 12.0 Å². The molecule has 3 heteroatoms. The summed E-state index contributed by atoms with van der Waals surface area (Å²) in [6.45, 7) is 7.81. The van der Waals surface area contributed by atoms with Crippen molar-refractivity contribution in [1.29, 1.82) is 0 Å². The van der Waals surface area contributed by atoms with Crippen LogP contribution in [0.5, 0.6) is 0 Å². The third-order valence-electron chi connectivity index (χ3n) is 3.79. The standard InChI is InChI=1S/C17H25N3/c1-4-7-13(3)16(19-10-5-2)14-8-6-9-15-17(14)20-12-11-18-15/h6,8-9,11-13,16,19H,4-5,7,10H2,1-3H3. The molecule has 0 saturated heterocycles.